The highest BCUT2D eigenvalue weighted by molar-refractivity contribution is 6.31. The number of hydrogen-bond acceptors (Lipinski definition) is 5. The highest BCUT2D eigenvalue weighted by Gasteiger charge is 2.06. The van der Waals surface area contributed by atoms with Gasteiger partial charge in [-0.3, -0.25) is 0 Å². The molecule has 0 saturated heterocycles. The molecule has 0 bridgehead atoms. The molecule has 1 heterocycles. The van der Waals surface area contributed by atoms with Gasteiger partial charge >= 0.3 is 0 Å². The van der Waals surface area contributed by atoms with Crippen molar-refractivity contribution in [2.45, 2.75) is 13.8 Å². The standard InChI is InChI=1S/C17H16ClN5/c1-11-6-3-4-8-14(11)20-16-10-19-23-17(22-16)21-15-9-5-7-13(18)12(15)2/h3-10H,1-2H3,(H2,20,21,22,23). The lowest BCUT2D eigenvalue weighted by molar-refractivity contribution is 0.981. The van der Waals surface area contributed by atoms with E-state index in [1.807, 2.05) is 56.3 Å². The summed E-state index contributed by atoms with van der Waals surface area (Å²) < 4.78 is 0. The van der Waals surface area contributed by atoms with E-state index in [1.54, 1.807) is 6.20 Å². The summed E-state index contributed by atoms with van der Waals surface area (Å²) in [4.78, 5) is 4.44. The first-order chi connectivity index (χ1) is 11.1. The third-order valence-electron chi connectivity index (χ3n) is 3.48. The number of nitrogens with zero attached hydrogens (tertiary/aromatic N) is 3. The zero-order valence-corrected chi connectivity index (χ0v) is 13.6. The van der Waals surface area contributed by atoms with Gasteiger partial charge in [-0.2, -0.15) is 10.1 Å². The monoisotopic (exact) mass is 325 g/mol. The lowest BCUT2D eigenvalue weighted by Gasteiger charge is -2.11. The number of halogens is 1. The third kappa shape index (κ3) is 3.57. The summed E-state index contributed by atoms with van der Waals surface area (Å²) in [5, 5.41) is 15.1. The average molecular weight is 326 g/mol. The van der Waals surface area contributed by atoms with Crippen LogP contribution in [-0.2, 0) is 0 Å². The Balaban J connectivity index is 1.83. The first-order valence-electron chi connectivity index (χ1n) is 7.18. The molecule has 5 nitrogen and oxygen atoms in total. The Bertz CT molecular complexity index is 835. The largest absolute Gasteiger partial charge is 0.339 e. The molecule has 0 aliphatic heterocycles. The molecule has 0 saturated carbocycles. The van der Waals surface area contributed by atoms with Crippen LogP contribution < -0.4 is 10.6 Å². The van der Waals surface area contributed by atoms with E-state index >= 15 is 0 Å². The molecule has 0 aliphatic carbocycles. The highest BCUT2D eigenvalue weighted by Crippen LogP contribution is 2.25. The molecule has 2 N–H and O–H groups in total. The van der Waals surface area contributed by atoms with Crippen LogP contribution in [0, 0.1) is 13.8 Å². The van der Waals surface area contributed by atoms with E-state index in [1.165, 1.54) is 0 Å². The van der Waals surface area contributed by atoms with Crippen LogP contribution in [0.2, 0.25) is 5.02 Å². The molecule has 6 heteroatoms. The van der Waals surface area contributed by atoms with Crippen LogP contribution in [0.5, 0.6) is 0 Å². The van der Waals surface area contributed by atoms with Crippen LogP contribution in [0.1, 0.15) is 11.1 Å². The molecule has 0 spiro atoms. The number of rotatable bonds is 4. The molecule has 0 atom stereocenters. The molecular weight excluding hydrogens is 310 g/mol. The lowest BCUT2D eigenvalue weighted by atomic mass is 10.2. The average Bonchev–Trinajstić information content (AvgIpc) is 2.55. The molecule has 0 fully saturated rings. The molecule has 23 heavy (non-hydrogen) atoms. The predicted octanol–water partition coefficient (Wildman–Crippen LogP) is 4.63. The normalized spacial score (nSPS) is 10.4. The van der Waals surface area contributed by atoms with Crippen molar-refractivity contribution in [3.8, 4) is 0 Å². The fourth-order valence-electron chi connectivity index (χ4n) is 2.13. The van der Waals surface area contributed by atoms with E-state index in [4.69, 9.17) is 11.6 Å². The number of aromatic nitrogens is 3. The highest BCUT2D eigenvalue weighted by atomic mass is 35.5. The Labute approximate surface area is 139 Å². The molecule has 0 aliphatic rings. The van der Waals surface area contributed by atoms with E-state index in [-0.39, 0.29) is 0 Å². The Morgan fingerprint density at radius 1 is 0.913 bits per heavy atom. The van der Waals surface area contributed by atoms with Crippen molar-refractivity contribution in [1.29, 1.82) is 0 Å². The molecule has 116 valence electrons. The number of nitrogens with one attached hydrogen (secondary N) is 2. The van der Waals surface area contributed by atoms with E-state index in [9.17, 15) is 0 Å². The van der Waals surface area contributed by atoms with Gasteiger partial charge in [0, 0.05) is 16.4 Å². The minimum Gasteiger partial charge on any atom is -0.339 e. The molecule has 3 aromatic rings. The molecule has 0 radical (unpaired) electrons. The SMILES string of the molecule is Cc1ccccc1Nc1cnnc(Nc2cccc(Cl)c2C)n1. The Kier molecular flexibility index (Phi) is 4.39. The summed E-state index contributed by atoms with van der Waals surface area (Å²) >= 11 is 6.13. The van der Waals surface area contributed by atoms with Gasteiger partial charge in [0.05, 0.1) is 6.20 Å². The van der Waals surface area contributed by atoms with Crippen molar-refractivity contribution >= 4 is 34.7 Å². The van der Waals surface area contributed by atoms with Crippen molar-refractivity contribution in [1.82, 2.24) is 15.2 Å². The summed E-state index contributed by atoms with van der Waals surface area (Å²) in [6, 6.07) is 13.6. The van der Waals surface area contributed by atoms with Crippen LogP contribution in [0.3, 0.4) is 0 Å². The Hall–Kier alpha value is -2.66. The summed E-state index contributed by atoms with van der Waals surface area (Å²) in [5.74, 6) is 1.03. The van der Waals surface area contributed by atoms with E-state index in [2.05, 4.69) is 25.8 Å². The van der Waals surface area contributed by atoms with Crippen molar-refractivity contribution < 1.29 is 0 Å². The second kappa shape index (κ2) is 6.62. The minimum atomic E-state index is 0.411. The maximum absolute atomic E-state index is 6.13. The maximum Gasteiger partial charge on any atom is 0.249 e. The number of aryl methyl sites for hydroxylation is 1. The van der Waals surface area contributed by atoms with Crippen molar-refractivity contribution in [3.05, 3.63) is 64.8 Å². The zero-order valence-electron chi connectivity index (χ0n) is 12.8. The molecule has 0 amide bonds. The van der Waals surface area contributed by atoms with Crippen LogP contribution in [0.15, 0.2) is 48.7 Å². The van der Waals surface area contributed by atoms with Gasteiger partial charge in [-0.15, -0.1) is 5.10 Å². The van der Waals surface area contributed by atoms with Crippen LogP contribution in [0.4, 0.5) is 23.1 Å². The first-order valence-corrected chi connectivity index (χ1v) is 7.56. The minimum absolute atomic E-state index is 0.411. The lowest BCUT2D eigenvalue weighted by Crippen LogP contribution is -2.03. The second-order valence-electron chi connectivity index (χ2n) is 5.14. The quantitative estimate of drug-likeness (QED) is 0.732. The van der Waals surface area contributed by atoms with Gasteiger partial charge in [-0.05, 0) is 43.2 Å². The fraction of sp³-hybridized carbons (Fsp3) is 0.118. The van der Waals surface area contributed by atoms with E-state index in [0.29, 0.717) is 16.8 Å². The summed E-state index contributed by atoms with van der Waals surface area (Å²) in [7, 11) is 0. The Morgan fingerprint density at radius 2 is 1.70 bits per heavy atom. The number of benzene rings is 2. The van der Waals surface area contributed by atoms with Crippen LogP contribution in [0.25, 0.3) is 0 Å². The topological polar surface area (TPSA) is 62.7 Å². The van der Waals surface area contributed by atoms with Gasteiger partial charge in [0.15, 0.2) is 5.82 Å². The second-order valence-corrected chi connectivity index (χ2v) is 5.55. The van der Waals surface area contributed by atoms with Crippen LogP contribution >= 0.6 is 11.6 Å². The van der Waals surface area contributed by atoms with Gasteiger partial charge in [0.25, 0.3) is 0 Å². The van der Waals surface area contributed by atoms with Gasteiger partial charge in [0.2, 0.25) is 5.95 Å². The smallest absolute Gasteiger partial charge is 0.249 e. The number of para-hydroxylation sites is 1. The van der Waals surface area contributed by atoms with Crippen molar-refractivity contribution in [2.75, 3.05) is 10.6 Å². The number of hydrogen-bond donors (Lipinski definition) is 2. The maximum atomic E-state index is 6.13. The van der Waals surface area contributed by atoms with Gasteiger partial charge in [-0.1, -0.05) is 35.9 Å². The predicted molar refractivity (Wildman–Crippen MR) is 93.8 cm³/mol. The molecular formula is C17H16ClN5. The summed E-state index contributed by atoms with van der Waals surface area (Å²) in [6.07, 6.45) is 1.59. The summed E-state index contributed by atoms with van der Waals surface area (Å²) in [6.45, 7) is 3.97. The first kappa shape index (κ1) is 15.2. The Morgan fingerprint density at radius 3 is 2.52 bits per heavy atom. The molecule has 0 unspecified atom stereocenters. The van der Waals surface area contributed by atoms with Crippen LogP contribution in [-0.4, -0.2) is 15.2 Å². The van der Waals surface area contributed by atoms with Crippen molar-refractivity contribution in [3.63, 3.8) is 0 Å². The number of anilines is 4. The van der Waals surface area contributed by atoms with Crippen molar-refractivity contribution in [2.24, 2.45) is 0 Å². The van der Waals surface area contributed by atoms with Gasteiger partial charge in [-0.25, -0.2) is 0 Å². The zero-order chi connectivity index (χ0) is 16.2. The van der Waals surface area contributed by atoms with Gasteiger partial charge in [0.1, 0.15) is 0 Å². The molecule has 1 aromatic heterocycles. The fourth-order valence-corrected chi connectivity index (χ4v) is 2.31. The third-order valence-corrected chi connectivity index (χ3v) is 3.89. The summed E-state index contributed by atoms with van der Waals surface area (Å²) in [5.41, 5.74) is 3.91. The van der Waals surface area contributed by atoms with E-state index in [0.717, 1.165) is 22.5 Å². The molecule has 2 aromatic carbocycles. The molecule has 3 rings (SSSR count). The van der Waals surface area contributed by atoms with E-state index < -0.39 is 0 Å². The van der Waals surface area contributed by atoms with Gasteiger partial charge < -0.3 is 10.6 Å².